The van der Waals surface area contributed by atoms with Gasteiger partial charge in [0, 0.05) is 26.1 Å². The number of carbonyl (C=O) groups excluding carboxylic acids is 1. The Hall–Kier alpha value is -2.12. The van der Waals surface area contributed by atoms with Gasteiger partial charge in [0.1, 0.15) is 0 Å². The molecular weight excluding hydrogens is 272 g/mol. The van der Waals surface area contributed by atoms with E-state index in [1.807, 2.05) is 11.8 Å². The van der Waals surface area contributed by atoms with Gasteiger partial charge in [0.2, 0.25) is 17.8 Å². The fourth-order valence-corrected chi connectivity index (χ4v) is 2.22. The van der Waals surface area contributed by atoms with Crippen LogP contribution in [0.5, 0.6) is 6.01 Å². The summed E-state index contributed by atoms with van der Waals surface area (Å²) in [5.41, 5.74) is 5.35. The highest BCUT2D eigenvalue weighted by Crippen LogP contribution is 2.22. The van der Waals surface area contributed by atoms with Gasteiger partial charge in [-0.2, -0.15) is 15.0 Å². The van der Waals surface area contributed by atoms with Crippen molar-refractivity contribution in [2.45, 2.75) is 26.2 Å². The normalized spacial score (nSPS) is 15.8. The minimum absolute atomic E-state index is 0.0531. The summed E-state index contributed by atoms with van der Waals surface area (Å²) in [6.07, 6.45) is 2.34. The number of aromatic nitrogens is 3. The van der Waals surface area contributed by atoms with Crippen molar-refractivity contribution < 1.29 is 9.53 Å². The third kappa shape index (κ3) is 3.93. The molecule has 1 fully saturated rings. The summed E-state index contributed by atoms with van der Waals surface area (Å²) in [5, 5.41) is 2.91. The summed E-state index contributed by atoms with van der Waals surface area (Å²) in [4.78, 5) is 26.1. The van der Waals surface area contributed by atoms with Gasteiger partial charge in [-0.25, -0.2) is 0 Å². The highest BCUT2D eigenvalue weighted by Gasteiger charge is 2.25. The lowest BCUT2D eigenvalue weighted by Crippen LogP contribution is -2.39. The van der Waals surface area contributed by atoms with Crippen LogP contribution < -0.4 is 20.7 Å². The average molecular weight is 294 g/mol. The number of primary amides is 1. The number of anilines is 2. The van der Waals surface area contributed by atoms with Gasteiger partial charge in [-0.3, -0.25) is 4.79 Å². The molecule has 0 bridgehead atoms. The topological polar surface area (TPSA) is 106 Å². The maximum Gasteiger partial charge on any atom is 0.323 e. The van der Waals surface area contributed by atoms with E-state index in [-0.39, 0.29) is 11.8 Å². The first-order chi connectivity index (χ1) is 10.1. The lowest BCUT2D eigenvalue weighted by Gasteiger charge is -2.30. The maximum absolute atomic E-state index is 11.2. The number of nitrogens with zero attached hydrogens (tertiary/aromatic N) is 4. The lowest BCUT2D eigenvalue weighted by molar-refractivity contribution is -0.122. The largest absolute Gasteiger partial charge is 0.463 e. The molecule has 0 unspecified atom stereocenters. The molecule has 0 spiro atoms. The lowest BCUT2D eigenvalue weighted by atomic mass is 9.96. The molecule has 0 radical (unpaired) electrons. The quantitative estimate of drug-likeness (QED) is 0.782. The summed E-state index contributed by atoms with van der Waals surface area (Å²) in [6.45, 7) is 3.99. The molecule has 116 valence electrons. The molecular formula is C13H22N6O2. The first-order valence-corrected chi connectivity index (χ1v) is 7.25. The van der Waals surface area contributed by atoms with E-state index < -0.39 is 0 Å². The Morgan fingerprint density at radius 2 is 2.10 bits per heavy atom. The summed E-state index contributed by atoms with van der Waals surface area (Å²) < 4.78 is 5.49. The third-order valence-electron chi connectivity index (χ3n) is 3.44. The Morgan fingerprint density at radius 1 is 1.38 bits per heavy atom. The number of carbonyl (C=O) groups is 1. The number of piperidine rings is 1. The third-order valence-corrected chi connectivity index (χ3v) is 3.44. The summed E-state index contributed by atoms with van der Waals surface area (Å²) in [5.74, 6) is 0.766. The van der Waals surface area contributed by atoms with Crippen molar-refractivity contribution in [1.82, 2.24) is 15.0 Å². The van der Waals surface area contributed by atoms with Gasteiger partial charge in [0.25, 0.3) is 0 Å². The Balaban J connectivity index is 2.10. The van der Waals surface area contributed by atoms with Crippen molar-refractivity contribution in [2.75, 3.05) is 37.0 Å². The Morgan fingerprint density at radius 3 is 2.67 bits per heavy atom. The molecule has 2 heterocycles. The molecule has 1 aliphatic heterocycles. The minimum atomic E-state index is -0.229. The highest BCUT2D eigenvalue weighted by atomic mass is 16.5. The van der Waals surface area contributed by atoms with Crippen LogP contribution in [-0.2, 0) is 4.79 Å². The van der Waals surface area contributed by atoms with E-state index in [4.69, 9.17) is 10.5 Å². The molecule has 1 aromatic heterocycles. The Labute approximate surface area is 124 Å². The monoisotopic (exact) mass is 294 g/mol. The molecule has 0 saturated carbocycles. The van der Waals surface area contributed by atoms with Crippen LogP contribution in [0.25, 0.3) is 0 Å². The Bertz CT molecular complexity index is 488. The second-order valence-electron chi connectivity index (χ2n) is 5.00. The first-order valence-electron chi connectivity index (χ1n) is 7.25. The molecule has 3 N–H and O–H groups in total. The molecule has 2 rings (SSSR count). The van der Waals surface area contributed by atoms with Crippen LogP contribution in [-0.4, -0.2) is 47.6 Å². The van der Waals surface area contributed by atoms with Crippen LogP contribution in [0.2, 0.25) is 0 Å². The van der Waals surface area contributed by atoms with E-state index in [9.17, 15) is 4.79 Å². The summed E-state index contributed by atoms with van der Waals surface area (Å²) in [6, 6.07) is 0.322. The van der Waals surface area contributed by atoms with E-state index >= 15 is 0 Å². The molecule has 0 atom stereocenters. The van der Waals surface area contributed by atoms with E-state index in [2.05, 4.69) is 20.3 Å². The van der Waals surface area contributed by atoms with Gasteiger partial charge < -0.3 is 20.7 Å². The molecule has 21 heavy (non-hydrogen) atoms. The van der Waals surface area contributed by atoms with E-state index in [0.29, 0.717) is 37.6 Å². The molecule has 1 amide bonds. The number of nitrogens with one attached hydrogen (secondary N) is 1. The molecule has 0 aliphatic carbocycles. The number of amides is 1. The number of hydrogen-bond donors (Lipinski definition) is 2. The van der Waals surface area contributed by atoms with Gasteiger partial charge in [-0.15, -0.1) is 0 Å². The van der Waals surface area contributed by atoms with Crippen LogP contribution in [0.15, 0.2) is 0 Å². The van der Waals surface area contributed by atoms with Gasteiger partial charge in [0.15, 0.2) is 0 Å². The highest BCUT2D eigenvalue weighted by molar-refractivity contribution is 5.76. The number of nitrogens with two attached hydrogens (primary N) is 1. The fraction of sp³-hybridized carbons (Fsp3) is 0.692. The second kappa shape index (κ2) is 7.05. The zero-order valence-corrected chi connectivity index (χ0v) is 12.5. The van der Waals surface area contributed by atoms with Gasteiger partial charge >= 0.3 is 6.01 Å². The number of ether oxygens (including phenoxy) is 1. The summed E-state index contributed by atoms with van der Waals surface area (Å²) in [7, 11) is 1.75. The maximum atomic E-state index is 11.2. The van der Waals surface area contributed by atoms with Crippen molar-refractivity contribution in [3.05, 3.63) is 0 Å². The van der Waals surface area contributed by atoms with Gasteiger partial charge in [0.05, 0.1) is 6.61 Å². The van der Waals surface area contributed by atoms with Crippen LogP contribution in [0.1, 0.15) is 26.2 Å². The van der Waals surface area contributed by atoms with E-state index in [1.54, 1.807) is 7.05 Å². The van der Waals surface area contributed by atoms with Crippen LogP contribution >= 0.6 is 0 Å². The zero-order chi connectivity index (χ0) is 15.2. The van der Waals surface area contributed by atoms with E-state index in [1.165, 1.54) is 0 Å². The van der Waals surface area contributed by atoms with Crippen LogP contribution in [0.4, 0.5) is 11.9 Å². The second-order valence-corrected chi connectivity index (χ2v) is 5.00. The number of rotatable bonds is 6. The van der Waals surface area contributed by atoms with Crippen molar-refractivity contribution in [1.29, 1.82) is 0 Å². The SMILES string of the molecule is CCCOc1nc(NC)nc(N2CCC(C(N)=O)CC2)n1. The van der Waals surface area contributed by atoms with Crippen LogP contribution in [0, 0.1) is 5.92 Å². The summed E-state index contributed by atoms with van der Waals surface area (Å²) >= 11 is 0. The van der Waals surface area contributed by atoms with Crippen LogP contribution in [0.3, 0.4) is 0 Å². The molecule has 0 aromatic carbocycles. The molecule has 8 heteroatoms. The van der Waals surface area contributed by atoms with Crippen molar-refractivity contribution in [2.24, 2.45) is 11.7 Å². The molecule has 1 aromatic rings. The first kappa shape index (κ1) is 15.3. The molecule has 8 nitrogen and oxygen atoms in total. The predicted octanol–water partition coefficient (Wildman–Crippen LogP) is 0.404. The van der Waals surface area contributed by atoms with Crippen molar-refractivity contribution in [3.63, 3.8) is 0 Å². The standard InChI is InChI=1S/C13H22N6O2/c1-3-8-21-13-17-11(15-2)16-12(18-13)19-6-4-9(5-7-19)10(14)20/h9H,3-8H2,1-2H3,(H2,14,20)(H,15,16,17,18). The Kier molecular flexibility index (Phi) is 5.13. The smallest absolute Gasteiger partial charge is 0.323 e. The van der Waals surface area contributed by atoms with Crippen molar-refractivity contribution >= 4 is 17.8 Å². The zero-order valence-electron chi connectivity index (χ0n) is 12.5. The predicted molar refractivity (Wildman–Crippen MR) is 79.3 cm³/mol. The fourth-order valence-electron chi connectivity index (χ4n) is 2.22. The minimum Gasteiger partial charge on any atom is -0.463 e. The number of hydrogen-bond acceptors (Lipinski definition) is 7. The average Bonchev–Trinajstić information content (AvgIpc) is 2.52. The van der Waals surface area contributed by atoms with Gasteiger partial charge in [-0.05, 0) is 19.3 Å². The van der Waals surface area contributed by atoms with E-state index in [0.717, 1.165) is 19.3 Å². The molecule has 1 aliphatic rings. The van der Waals surface area contributed by atoms with Gasteiger partial charge in [-0.1, -0.05) is 6.92 Å². The van der Waals surface area contributed by atoms with Crippen molar-refractivity contribution in [3.8, 4) is 6.01 Å². The molecule has 1 saturated heterocycles.